The van der Waals surface area contributed by atoms with Crippen molar-refractivity contribution in [3.63, 3.8) is 0 Å². The molecule has 3 aromatic rings. The topological polar surface area (TPSA) is 94.4 Å². The zero-order valence-corrected chi connectivity index (χ0v) is 14.5. The summed E-state index contributed by atoms with van der Waals surface area (Å²) in [6.07, 6.45) is 0. The van der Waals surface area contributed by atoms with Crippen molar-refractivity contribution in [3.05, 3.63) is 76.6 Å². The third-order valence-corrected chi connectivity index (χ3v) is 4.30. The number of amides is 2. The molecule has 2 amide bonds. The molecule has 0 radical (unpaired) electrons. The van der Waals surface area contributed by atoms with Crippen LogP contribution in [0.15, 0.2) is 48.5 Å². The van der Waals surface area contributed by atoms with Crippen LogP contribution in [0, 0.1) is 13.8 Å². The third-order valence-electron chi connectivity index (χ3n) is 4.30. The van der Waals surface area contributed by atoms with Gasteiger partial charge in [0.05, 0.1) is 22.5 Å². The van der Waals surface area contributed by atoms with Crippen LogP contribution in [0.2, 0.25) is 0 Å². The summed E-state index contributed by atoms with van der Waals surface area (Å²) in [7, 11) is 0. The lowest BCUT2D eigenvalue weighted by atomic mass is 10.1. The monoisotopic (exact) mass is 362 g/mol. The van der Waals surface area contributed by atoms with Crippen molar-refractivity contribution in [2.45, 2.75) is 13.8 Å². The molecule has 0 bridgehead atoms. The van der Waals surface area contributed by atoms with Gasteiger partial charge < -0.3 is 4.84 Å². The molecule has 0 aliphatic carbocycles. The fourth-order valence-electron chi connectivity index (χ4n) is 2.83. The van der Waals surface area contributed by atoms with Gasteiger partial charge in [-0.25, -0.2) is 9.48 Å². The van der Waals surface area contributed by atoms with E-state index in [0.29, 0.717) is 10.8 Å². The lowest BCUT2D eigenvalue weighted by Crippen LogP contribution is -2.33. The zero-order chi connectivity index (χ0) is 19.1. The van der Waals surface area contributed by atoms with E-state index in [9.17, 15) is 14.4 Å². The summed E-state index contributed by atoms with van der Waals surface area (Å²) in [4.78, 5) is 42.1. The Kier molecular flexibility index (Phi) is 3.80. The van der Waals surface area contributed by atoms with Crippen molar-refractivity contribution in [3.8, 4) is 5.69 Å². The van der Waals surface area contributed by atoms with Crippen LogP contribution in [-0.4, -0.2) is 37.8 Å². The molecule has 0 atom stereocenters. The molecule has 4 rings (SSSR count). The number of aromatic nitrogens is 3. The van der Waals surface area contributed by atoms with Crippen LogP contribution >= 0.6 is 0 Å². The molecule has 0 fully saturated rings. The largest absolute Gasteiger partial charge is 0.385 e. The molecular formula is C19H14N4O4. The molecule has 0 N–H and O–H groups in total. The molecule has 0 saturated carbocycles. The van der Waals surface area contributed by atoms with E-state index in [1.807, 2.05) is 31.2 Å². The molecule has 8 nitrogen and oxygen atoms in total. The van der Waals surface area contributed by atoms with Gasteiger partial charge >= 0.3 is 5.97 Å². The number of fused-ring (bicyclic) bond motifs is 1. The van der Waals surface area contributed by atoms with E-state index >= 15 is 0 Å². The van der Waals surface area contributed by atoms with Gasteiger partial charge in [0.2, 0.25) is 0 Å². The molecule has 8 heteroatoms. The van der Waals surface area contributed by atoms with Crippen molar-refractivity contribution in [1.82, 2.24) is 20.1 Å². The van der Waals surface area contributed by atoms with Crippen LogP contribution in [0.25, 0.3) is 5.69 Å². The van der Waals surface area contributed by atoms with E-state index < -0.39 is 17.8 Å². The van der Waals surface area contributed by atoms with Crippen molar-refractivity contribution < 1.29 is 19.2 Å². The van der Waals surface area contributed by atoms with Gasteiger partial charge in [0.25, 0.3) is 11.8 Å². The van der Waals surface area contributed by atoms with Crippen molar-refractivity contribution in [2.24, 2.45) is 0 Å². The predicted octanol–water partition coefficient (Wildman–Crippen LogP) is 2.25. The average molecular weight is 362 g/mol. The number of hydrogen-bond donors (Lipinski definition) is 0. The van der Waals surface area contributed by atoms with Gasteiger partial charge in [-0.2, -0.15) is 0 Å². The Morgan fingerprint density at radius 2 is 1.52 bits per heavy atom. The van der Waals surface area contributed by atoms with Crippen LogP contribution in [-0.2, 0) is 4.84 Å². The standard InChI is InChI=1S/C19H14N4O4/c1-11-7-9-13(10-8-11)22-12(2)16(20-21-22)19(26)27-23-17(24)14-5-3-4-6-15(14)18(23)25/h3-10H,1-2H3. The molecule has 0 saturated heterocycles. The smallest absolute Gasteiger partial charge is 0.322 e. The summed E-state index contributed by atoms with van der Waals surface area (Å²) < 4.78 is 1.48. The molecule has 0 spiro atoms. The summed E-state index contributed by atoms with van der Waals surface area (Å²) in [5, 5.41) is 8.27. The number of benzene rings is 2. The van der Waals surface area contributed by atoms with E-state index in [-0.39, 0.29) is 16.8 Å². The minimum Gasteiger partial charge on any atom is -0.322 e. The SMILES string of the molecule is Cc1ccc(-n2nnc(C(=O)ON3C(=O)c4ccccc4C3=O)c2C)cc1. The second kappa shape index (κ2) is 6.17. The number of hydrogen-bond acceptors (Lipinski definition) is 6. The highest BCUT2D eigenvalue weighted by Crippen LogP contribution is 2.23. The minimum absolute atomic E-state index is 0.0767. The quantitative estimate of drug-likeness (QED) is 0.663. The van der Waals surface area contributed by atoms with E-state index in [1.165, 1.54) is 16.8 Å². The summed E-state index contributed by atoms with van der Waals surface area (Å²) in [5.74, 6) is -2.31. The number of rotatable bonds is 3. The Balaban J connectivity index is 1.59. The number of carbonyl (C=O) groups is 3. The van der Waals surface area contributed by atoms with E-state index in [4.69, 9.17) is 4.84 Å². The maximum atomic E-state index is 12.5. The van der Waals surface area contributed by atoms with Crippen LogP contribution < -0.4 is 0 Å². The molecule has 2 aromatic carbocycles. The van der Waals surface area contributed by atoms with Gasteiger partial charge in [0.15, 0.2) is 5.69 Å². The normalized spacial score (nSPS) is 13.0. The van der Waals surface area contributed by atoms with Crippen molar-refractivity contribution >= 4 is 17.8 Å². The molecule has 134 valence electrons. The molecule has 27 heavy (non-hydrogen) atoms. The lowest BCUT2D eigenvalue weighted by Gasteiger charge is -2.11. The second-order valence-electron chi connectivity index (χ2n) is 6.10. The predicted molar refractivity (Wildman–Crippen MR) is 93.2 cm³/mol. The average Bonchev–Trinajstić information content (AvgIpc) is 3.16. The maximum Gasteiger partial charge on any atom is 0.385 e. The first-order chi connectivity index (χ1) is 13.0. The summed E-state index contributed by atoms with van der Waals surface area (Å²) in [6, 6.07) is 13.8. The second-order valence-corrected chi connectivity index (χ2v) is 6.10. The first-order valence-corrected chi connectivity index (χ1v) is 8.17. The van der Waals surface area contributed by atoms with E-state index in [2.05, 4.69) is 10.3 Å². The number of hydroxylamine groups is 2. The lowest BCUT2D eigenvalue weighted by molar-refractivity contribution is -0.0589. The Morgan fingerprint density at radius 1 is 0.926 bits per heavy atom. The number of imide groups is 1. The first kappa shape index (κ1) is 16.6. The van der Waals surface area contributed by atoms with E-state index in [1.54, 1.807) is 19.1 Å². The van der Waals surface area contributed by atoms with Crippen molar-refractivity contribution in [2.75, 3.05) is 0 Å². The highest BCUT2D eigenvalue weighted by molar-refractivity contribution is 6.21. The summed E-state index contributed by atoms with van der Waals surface area (Å²) >= 11 is 0. The maximum absolute atomic E-state index is 12.5. The first-order valence-electron chi connectivity index (χ1n) is 8.17. The highest BCUT2D eigenvalue weighted by Gasteiger charge is 2.39. The van der Waals surface area contributed by atoms with Gasteiger partial charge in [-0.15, -0.1) is 5.10 Å². The molecule has 2 heterocycles. The molecular weight excluding hydrogens is 348 g/mol. The van der Waals surface area contributed by atoms with E-state index in [0.717, 1.165) is 11.3 Å². The summed E-state index contributed by atoms with van der Waals surface area (Å²) in [6.45, 7) is 3.61. The third kappa shape index (κ3) is 2.67. The number of carbonyl (C=O) groups excluding carboxylic acids is 3. The minimum atomic E-state index is -0.930. The molecule has 1 aliphatic rings. The fourth-order valence-corrected chi connectivity index (χ4v) is 2.83. The van der Waals surface area contributed by atoms with Gasteiger partial charge in [0.1, 0.15) is 0 Å². The van der Waals surface area contributed by atoms with Gasteiger partial charge in [-0.3, -0.25) is 9.59 Å². The molecule has 0 unspecified atom stereocenters. The molecule has 1 aromatic heterocycles. The Hall–Kier alpha value is -3.81. The number of aryl methyl sites for hydroxylation is 1. The van der Waals surface area contributed by atoms with Gasteiger partial charge in [-0.05, 0) is 38.1 Å². The van der Waals surface area contributed by atoms with Crippen LogP contribution in [0.3, 0.4) is 0 Å². The fraction of sp³-hybridized carbons (Fsp3) is 0.105. The Labute approximate surface area is 153 Å². The number of nitrogens with zero attached hydrogens (tertiary/aromatic N) is 4. The van der Waals surface area contributed by atoms with Crippen LogP contribution in [0.1, 0.15) is 42.5 Å². The molecule has 1 aliphatic heterocycles. The van der Waals surface area contributed by atoms with Gasteiger partial charge in [0, 0.05) is 0 Å². The zero-order valence-electron chi connectivity index (χ0n) is 14.5. The highest BCUT2D eigenvalue weighted by atomic mass is 16.7. The van der Waals surface area contributed by atoms with Crippen LogP contribution in [0.4, 0.5) is 0 Å². The van der Waals surface area contributed by atoms with Gasteiger partial charge in [-0.1, -0.05) is 40.1 Å². The Morgan fingerprint density at radius 3 is 2.11 bits per heavy atom. The van der Waals surface area contributed by atoms with Crippen molar-refractivity contribution in [1.29, 1.82) is 0 Å². The Bertz CT molecular complexity index is 1050. The van der Waals surface area contributed by atoms with Crippen LogP contribution in [0.5, 0.6) is 0 Å². The summed E-state index contributed by atoms with van der Waals surface area (Å²) in [5.41, 5.74) is 2.55.